The number of carbonyl (C=O) groups is 2. The molecule has 0 aliphatic heterocycles. The van der Waals surface area contributed by atoms with Crippen molar-refractivity contribution in [1.29, 1.82) is 0 Å². The van der Waals surface area contributed by atoms with Gasteiger partial charge in [-0.25, -0.2) is 0 Å². The number of hydrazine groups is 1. The van der Waals surface area contributed by atoms with E-state index < -0.39 is 0 Å². The standard InChI is InChI=1S/C8H11N3O2/c1-6-3-4-7(11(6)2)8(13)10-9-5-12/h3-5H,1-2H3,(H,9,12)(H,10,13). The first kappa shape index (κ1) is 9.31. The van der Waals surface area contributed by atoms with Gasteiger partial charge in [0.15, 0.2) is 0 Å². The topological polar surface area (TPSA) is 63.1 Å². The van der Waals surface area contributed by atoms with Gasteiger partial charge in [-0.15, -0.1) is 0 Å². The molecule has 70 valence electrons. The summed E-state index contributed by atoms with van der Waals surface area (Å²) in [6, 6.07) is 3.52. The molecule has 0 unspecified atom stereocenters. The van der Waals surface area contributed by atoms with Crippen LogP contribution < -0.4 is 10.9 Å². The maximum absolute atomic E-state index is 11.3. The van der Waals surface area contributed by atoms with E-state index in [1.165, 1.54) is 0 Å². The minimum Gasteiger partial charge on any atom is -0.344 e. The molecule has 1 aromatic heterocycles. The largest absolute Gasteiger partial charge is 0.344 e. The van der Waals surface area contributed by atoms with Crippen molar-refractivity contribution in [2.75, 3.05) is 0 Å². The van der Waals surface area contributed by atoms with Crippen LogP contribution >= 0.6 is 0 Å². The molecule has 0 atom stereocenters. The second kappa shape index (κ2) is 3.75. The molecule has 0 fully saturated rings. The molecule has 0 saturated heterocycles. The van der Waals surface area contributed by atoms with Gasteiger partial charge in [-0.05, 0) is 19.1 Å². The van der Waals surface area contributed by atoms with E-state index in [0.29, 0.717) is 12.1 Å². The maximum Gasteiger partial charge on any atom is 0.286 e. The highest BCUT2D eigenvalue weighted by atomic mass is 16.2. The zero-order valence-electron chi connectivity index (χ0n) is 7.50. The number of aromatic nitrogens is 1. The predicted molar refractivity (Wildman–Crippen MR) is 46.8 cm³/mol. The summed E-state index contributed by atoms with van der Waals surface area (Å²) in [7, 11) is 1.78. The van der Waals surface area contributed by atoms with Crippen molar-refractivity contribution in [3.8, 4) is 0 Å². The minimum atomic E-state index is -0.331. The molecule has 0 bridgehead atoms. The quantitative estimate of drug-likeness (QED) is 0.498. The highest BCUT2D eigenvalue weighted by molar-refractivity contribution is 5.93. The molecular weight excluding hydrogens is 170 g/mol. The molecule has 5 nitrogen and oxygen atoms in total. The van der Waals surface area contributed by atoms with E-state index >= 15 is 0 Å². The zero-order valence-corrected chi connectivity index (χ0v) is 7.50. The van der Waals surface area contributed by atoms with Gasteiger partial charge < -0.3 is 4.57 Å². The molecule has 13 heavy (non-hydrogen) atoms. The number of hydrogen-bond donors (Lipinski definition) is 2. The minimum absolute atomic E-state index is 0.331. The fourth-order valence-electron chi connectivity index (χ4n) is 1.00. The van der Waals surface area contributed by atoms with Gasteiger partial charge in [0.1, 0.15) is 5.69 Å². The molecule has 5 heteroatoms. The Morgan fingerprint density at radius 3 is 2.69 bits per heavy atom. The Hall–Kier alpha value is -1.78. The lowest BCUT2D eigenvalue weighted by Gasteiger charge is -2.04. The second-order valence-corrected chi connectivity index (χ2v) is 2.64. The lowest BCUT2D eigenvalue weighted by molar-refractivity contribution is -0.110. The Labute approximate surface area is 75.7 Å². The second-order valence-electron chi connectivity index (χ2n) is 2.64. The average Bonchev–Trinajstić information content (AvgIpc) is 2.44. The fourth-order valence-corrected chi connectivity index (χ4v) is 1.00. The molecule has 1 heterocycles. The van der Waals surface area contributed by atoms with Gasteiger partial charge in [0, 0.05) is 12.7 Å². The smallest absolute Gasteiger partial charge is 0.286 e. The van der Waals surface area contributed by atoms with Crippen LogP contribution in [0.1, 0.15) is 16.2 Å². The Morgan fingerprint density at radius 2 is 2.23 bits per heavy atom. The molecule has 0 saturated carbocycles. The van der Waals surface area contributed by atoms with Crippen molar-refractivity contribution >= 4 is 12.3 Å². The first-order valence-corrected chi connectivity index (χ1v) is 3.78. The van der Waals surface area contributed by atoms with Crippen LogP contribution in [-0.4, -0.2) is 16.9 Å². The predicted octanol–water partition coefficient (Wildman–Crippen LogP) is -0.276. The van der Waals surface area contributed by atoms with E-state index in [9.17, 15) is 9.59 Å². The molecule has 0 aliphatic carbocycles. The van der Waals surface area contributed by atoms with Crippen molar-refractivity contribution in [2.45, 2.75) is 6.92 Å². The van der Waals surface area contributed by atoms with Crippen LogP contribution in [0.5, 0.6) is 0 Å². The van der Waals surface area contributed by atoms with Crippen LogP contribution in [0.2, 0.25) is 0 Å². The summed E-state index contributed by atoms with van der Waals surface area (Å²) in [5.41, 5.74) is 5.80. The summed E-state index contributed by atoms with van der Waals surface area (Å²) in [6.07, 6.45) is 0.410. The third-order valence-electron chi connectivity index (χ3n) is 1.85. The summed E-state index contributed by atoms with van der Waals surface area (Å²) < 4.78 is 1.74. The summed E-state index contributed by atoms with van der Waals surface area (Å²) in [5, 5.41) is 0. The van der Waals surface area contributed by atoms with E-state index in [1.807, 2.05) is 13.0 Å². The van der Waals surface area contributed by atoms with Crippen molar-refractivity contribution < 1.29 is 9.59 Å². The van der Waals surface area contributed by atoms with Gasteiger partial charge in [0.05, 0.1) is 0 Å². The van der Waals surface area contributed by atoms with Crippen molar-refractivity contribution in [1.82, 2.24) is 15.4 Å². The summed E-state index contributed by atoms with van der Waals surface area (Å²) in [6.45, 7) is 1.89. The molecule has 0 aliphatic rings. The third kappa shape index (κ3) is 1.87. The van der Waals surface area contributed by atoms with Crippen LogP contribution in [0.15, 0.2) is 12.1 Å². The average molecular weight is 181 g/mol. The van der Waals surface area contributed by atoms with Crippen molar-refractivity contribution in [3.63, 3.8) is 0 Å². The van der Waals surface area contributed by atoms with Crippen molar-refractivity contribution in [2.24, 2.45) is 7.05 Å². The molecule has 2 N–H and O–H groups in total. The molecule has 2 amide bonds. The van der Waals surface area contributed by atoms with Crippen molar-refractivity contribution in [3.05, 3.63) is 23.5 Å². The Morgan fingerprint density at radius 1 is 1.54 bits per heavy atom. The normalized spacial score (nSPS) is 9.38. The van der Waals surface area contributed by atoms with Crippen LogP contribution in [0.4, 0.5) is 0 Å². The van der Waals surface area contributed by atoms with Crippen LogP contribution in [-0.2, 0) is 11.8 Å². The number of nitrogens with zero attached hydrogens (tertiary/aromatic N) is 1. The van der Waals surface area contributed by atoms with Gasteiger partial charge >= 0.3 is 0 Å². The van der Waals surface area contributed by atoms with Crippen LogP contribution in [0.3, 0.4) is 0 Å². The van der Waals surface area contributed by atoms with Gasteiger partial charge in [0.25, 0.3) is 5.91 Å². The first-order valence-electron chi connectivity index (χ1n) is 3.78. The number of rotatable bonds is 3. The molecular formula is C8H11N3O2. The van der Waals surface area contributed by atoms with Crippen LogP contribution in [0, 0.1) is 6.92 Å². The molecule has 0 aromatic carbocycles. The van der Waals surface area contributed by atoms with Gasteiger partial charge in [-0.3, -0.25) is 20.4 Å². The van der Waals surface area contributed by atoms with Gasteiger partial charge in [-0.1, -0.05) is 0 Å². The van der Waals surface area contributed by atoms with E-state index in [1.54, 1.807) is 17.7 Å². The Bertz CT molecular complexity index is 330. The maximum atomic E-state index is 11.3. The zero-order chi connectivity index (χ0) is 9.84. The molecule has 1 aromatic rings. The van der Waals surface area contributed by atoms with E-state index in [4.69, 9.17) is 0 Å². The Kier molecular flexibility index (Phi) is 2.69. The number of amides is 2. The van der Waals surface area contributed by atoms with Gasteiger partial charge in [-0.2, -0.15) is 0 Å². The highest BCUT2D eigenvalue weighted by Crippen LogP contribution is 2.04. The number of hydrogen-bond acceptors (Lipinski definition) is 2. The number of nitrogens with one attached hydrogen (secondary N) is 2. The molecule has 0 spiro atoms. The highest BCUT2D eigenvalue weighted by Gasteiger charge is 2.09. The van der Waals surface area contributed by atoms with E-state index in [-0.39, 0.29) is 5.91 Å². The Balaban J connectivity index is 2.77. The fraction of sp³-hybridized carbons (Fsp3) is 0.250. The monoisotopic (exact) mass is 181 g/mol. The number of carbonyl (C=O) groups excluding carboxylic acids is 2. The lowest BCUT2D eigenvalue weighted by atomic mass is 10.4. The summed E-state index contributed by atoms with van der Waals surface area (Å²) in [4.78, 5) is 21.2. The summed E-state index contributed by atoms with van der Waals surface area (Å²) in [5.74, 6) is -0.331. The SMILES string of the molecule is Cc1ccc(C(=O)NNC=O)n1C. The summed E-state index contributed by atoms with van der Waals surface area (Å²) >= 11 is 0. The first-order chi connectivity index (χ1) is 6.16. The van der Waals surface area contributed by atoms with E-state index in [0.717, 1.165) is 5.69 Å². The third-order valence-corrected chi connectivity index (χ3v) is 1.85. The lowest BCUT2D eigenvalue weighted by Crippen LogP contribution is -2.37. The number of aryl methyl sites for hydroxylation is 1. The van der Waals surface area contributed by atoms with Crippen LogP contribution in [0.25, 0.3) is 0 Å². The van der Waals surface area contributed by atoms with Gasteiger partial charge in [0.2, 0.25) is 6.41 Å². The molecule has 0 radical (unpaired) electrons. The van der Waals surface area contributed by atoms with E-state index in [2.05, 4.69) is 10.9 Å². The molecule has 1 rings (SSSR count).